The van der Waals surface area contributed by atoms with Gasteiger partial charge in [0.15, 0.2) is 11.5 Å². The molecule has 2 aromatic carbocycles. The smallest absolute Gasteiger partial charge is 0.355 e. The molecule has 4 aromatic rings. The fourth-order valence-electron chi connectivity index (χ4n) is 3.69. The van der Waals surface area contributed by atoms with Crippen LogP contribution in [0.2, 0.25) is 10.0 Å². The fourth-order valence-corrected chi connectivity index (χ4v) is 4.16. The monoisotopic (exact) mass is 590 g/mol. The summed E-state index contributed by atoms with van der Waals surface area (Å²) in [6.45, 7) is 1.64. The second kappa shape index (κ2) is 11.4. The van der Waals surface area contributed by atoms with E-state index in [2.05, 4.69) is 26.0 Å². The molecule has 40 heavy (non-hydrogen) atoms. The maximum absolute atomic E-state index is 13.5. The number of pyridine rings is 1. The van der Waals surface area contributed by atoms with Crippen LogP contribution < -0.4 is 16.0 Å². The zero-order valence-electron chi connectivity index (χ0n) is 20.7. The zero-order chi connectivity index (χ0) is 29.2. The molecule has 2 aromatic heterocycles. The first kappa shape index (κ1) is 28.6. The normalized spacial score (nSPS) is 11.2. The number of aromatic nitrogens is 3. The van der Waals surface area contributed by atoms with Crippen molar-refractivity contribution in [2.75, 3.05) is 17.7 Å². The summed E-state index contributed by atoms with van der Waals surface area (Å²) in [6.07, 6.45) is -3.13. The van der Waals surface area contributed by atoms with Crippen LogP contribution in [0.15, 0.2) is 60.8 Å². The van der Waals surface area contributed by atoms with Gasteiger partial charge >= 0.3 is 6.18 Å². The number of benzene rings is 2. The Balaban J connectivity index is 1.72. The molecule has 0 spiro atoms. The summed E-state index contributed by atoms with van der Waals surface area (Å²) in [5.41, 5.74) is -0.482. The quantitative estimate of drug-likeness (QED) is 0.263. The minimum absolute atomic E-state index is 0.0299. The number of nitrogens with one attached hydrogen (secondary N) is 3. The van der Waals surface area contributed by atoms with E-state index in [0.717, 1.165) is 35.0 Å². The third kappa shape index (κ3) is 6.08. The fraction of sp³-hybridized carbons (Fsp3) is 0.115. The number of amides is 3. The number of hydrogen-bond donors (Lipinski definition) is 3. The molecule has 14 heteroatoms. The van der Waals surface area contributed by atoms with E-state index in [1.54, 1.807) is 19.1 Å². The van der Waals surface area contributed by atoms with E-state index >= 15 is 0 Å². The number of carbonyl (C=O) groups excluding carboxylic acids is 3. The first-order valence-corrected chi connectivity index (χ1v) is 12.2. The van der Waals surface area contributed by atoms with Crippen molar-refractivity contribution in [3.05, 3.63) is 98.9 Å². The number of halogens is 5. The molecule has 0 aliphatic rings. The second-order valence-corrected chi connectivity index (χ2v) is 9.19. The Morgan fingerprint density at radius 3 is 2.25 bits per heavy atom. The maximum atomic E-state index is 13.5. The summed E-state index contributed by atoms with van der Waals surface area (Å²) in [7, 11) is 1.42. The van der Waals surface area contributed by atoms with Crippen molar-refractivity contribution in [3.8, 4) is 5.82 Å². The van der Waals surface area contributed by atoms with Crippen LogP contribution in [0.3, 0.4) is 0 Å². The van der Waals surface area contributed by atoms with Crippen molar-refractivity contribution in [2.24, 2.45) is 0 Å². The first-order valence-electron chi connectivity index (χ1n) is 11.4. The molecular formula is C26H19Cl2F3N6O3. The van der Waals surface area contributed by atoms with Gasteiger partial charge < -0.3 is 16.0 Å². The van der Waals surface area contributed by atoms with Gasteiger partial charge in [-0.05, 0) is 61.0 Å². The van der Waals surface area contributed by atoms with Crippen LogP contribution >= 0.6 is 23.2 Å². The minimum Gasteiger partial charge on any atom is -0.355 e. The number of aryl methyl sites for hydroxylation is 1. The first-order chi connectivity index (χ1) is 18.9. The van der Waals surface area contributed by atoms with Crippen molar-refractivity contribution < 1.29 is 27.6 Å². The van der Waals surface area contributed by atoms with Crippen LogP contribution in [0.5, 0.6) is 0 Å². The number of nitrogens with zero attached hydrogens (tertiary/aromatic N) is 3. The lowest BCUT2D eigenvalue weighted by Crippen LogP contribution is -2.23. The third-order valence-electron chi connectivity index (χ3n) is 5.59. The molecule has 9 nitrogen and oxygen atoms in total. The van der Waals surface area contributed by atoms with Gasteiger partial charge in [-0.15, -0.1) is 0 Å². The largest absolute Gasteiger partial charge is 0.416 e. The third-order valence-corrected chi connectivity index (χ3v) is 6.11. The molecule has 206 valence electrons. The van der Waals surface area contributed by atoms with Crippen molar-refractivity contribution in [2.45, 2.75) is 13.1 Å². The summed E-state index contributed by atoms with van der Waals surface area (Å²) in [5.74, 6) is -2.05. The van der Waals surface area contributed by atoms with Crippen molar-refractivity contribution >= 4 is 52.3 Å². The van der Waals surface area contributed by atoms with Crippen molar-refractivity contribution in [1.29, 1.82) is 0 Å². The number of alkyl halides is 3. The molecule has 2 heterocycles. The maximum Gasteiger partial charge on any atom is 0.416 e. The minimum atomic E-state index is -4.54. The number of rotatable bonds is 6. The Labute approximate surface area is 235 Å². The predicted molar refractivity (Wildman–Crippen MR) is 143 cm³/mol. The van der Waals surface area contributed by atoms with Crippen LogP contribution in [0, 0.1) is 6.92 Å². The molecule has 0 aliphatic heterocycles. The van der Waals surface area contributed by atoms with E-state index < -0.39 is 29.5 Å². The topological polar surface area (TPSA) is 118 Å². The average molecular weight is 591 g/mol. The van der Waals surface area contributed by atoms with Gasteiger partial charge in [0.05, 0.1) is 21.8 Å². The highest BCUT2D eigenvalue weighted by molar-refractivity contribution is 6.32. The van der Waals surface area contributed by atoms with Crippen LogP contribution in [-0.4, -0.2) is 39.5 Å². The molecule has 0 fully saturated rings. The molecule has 0 aliphatic carbocycles. The molecule has 4 rings (SSSR count). The highest BCUT2D eigenvalue weighted by atomic mass is 35.5. The highest BCUT2D eigenvalue weighted by Gasteiger charge is 2.30. The summed E-state index contributed by atoms with van der Waals surface area (Å²) in [4.78, 5) is 43.1. The van der Waals surface area contributed by atoms with Crippen LogP contribution in [0.1, 0.15) is 42.5 Å². The van der Waals surface area contributed by atoms with E-state index in [1.165, 1.54) is 25.4 Å². The predicted octanol–water partition coefficient (Wildman–Crippen LogP) is 5.77. The number of anilines is 2. The number of hydrogen-bond acceptors (Lipinski definition) is 5. The lowest BCUT2D eigenvalue weighted by atomic mass is 10.1. The lowest BCUT2D eigenvalue weighted by molar-refractivity contribution is -0.137. The molecule has 0 saturated heterocycles. The summed E-state index contributed by atoms with van der Waals surface area (Å²) in [5, 5.41) is 12.2. The van der Waals surface area contributed by atoms with E-state index in [-0.39, 0.29) is 44.2 Å². The SMILES string of the molecule is CNC(=O)c1cc(Cl)cc(C)c1NC(=O)c1cc(C(=O)Nc2ccc(C(F)(F)F)cc2)nn1-c1ncccc1Cl. The Morgan fingerprint density at radius 2 is 1.62 bits per heavy atom. The zero-order valence-corrected chi connectivity index (χ0v) is 22.2. The van der Waals surface area contributed by atoms with Crippen LogP contribution in [-0.2, 0) is 6.18 Å². The van der Waals surface area contributed by atoms with Crippen molar-refractivity contribution in [3.63, 3.8) is 0 Å². The average Bonchev–Trinajstić information content (AvgIpc) is 3.35. The van der Waals surface area contributed by atoms with E-state index in [1.807, 2.05) is 0 Å². The van der Waals surface area contributed by atoms with Gasteiger partial charge in [-0.3, -0.25) is 14.4 Å². The van der Waals surface area contributed by atoms with Crippen LogP contribution in [0.4, 0.5) is 24.5 Å². The van der Waals surface area contributed by atoms with Crippen molar-refractivity contribution in [1.82, 2.24) is 20.1 Å². The van der Waals surface area contributed by atoms with Gasteiger partial charge in [0.2, 0.25) is 0 Å². The molecule has 0 unspecified atom stereocenters. The summed E-state index contributed by atoms with van der Waals surface area (Å²) >= 11 is 12.4. The lowest BCUT2D eigenvalue weighted by Gasteiger charge is -2.14. The van der Waals surface area contributed by atoms with Gasteiger partial charge in [0.25, 0.3) is 17.7 Å². The standard InChI is InChI=1S/C26H19Cl2F3N6O3/c1-13-10-15(27)11-17(23(38)32-2)21(13)35-25(40)20-12-19(36-37(20)22-18(28)4-3-9-33-22)24(39)34-16-7-5-14(6-8-16)26(29,30)31/h3-12H,1-2H3,(H,32,38)(H,34,39)(H,35,40). The Bertz CT molecular complexity index is 1620. The molecule has 0 atom stereocenters. The van der Waals surface area contributed by atoms with Gasteiger partial charge in [0.1, 0.15) is 5.69 Å². The molecule has 0 bridgehead atoms. The molecule has 0 radical (unpaired) electrons. The van der Waals surface area contributed by atoms with Gasteiger partial charge in [-0.1, -0.05) is 23.2 Å². The van der Waals surface area contributed by atoms with Crippen LogP contribution in [0.25, 0.3) is 5.82 Å². The van der Waals surface area contributed by atoms with Gasteiger partial charge in [0, 0.05) is 30.0 Å². The number of carbonyl (C=O) groups is 3. The summed E-state index contributed by atoms with van der Waals surface area (Å²) < 4.78 is 39.7. The van der Waals surface area contributed by atoms with Gasteiger partial charge in [-0.25, -0.2) is 9.67 Å². The molecule has 3 N–H and O–H groups in total. The Morgan fingerprint density at radius 1 is 0.925 bits per heavy atom. The molecular weight excluding hydrogens is 572 g/mol. The summed E-state index contributed by atoms with van der Waals surface area (Å²) in [6, 6.07) is 11.0. The Kier molecular flexibility index (Phi) is 8.12. The molecule has 3 amide bonds. The molecule has 0 saturated carbocycles. The second-order valence-electron chi connectivity index (χ2n) is 8.34. The van der Waals surface area contributed by atoms with E-state index in [9.17, 15) is 27.6 Å². The van der Waals surface area contributed by atoms with Gasteiger partial charge in [-0.2, -0.15) is 18.3 Å². The Hall–Kier alpha value is -4.42. The van der Waals surface area contributed by atoms with E-state index in [0.29, 0.717) is 5.56 Å². The highest BCUT2D eigenvalue weighted by Crippen LogP contribution is 2.30. The van der Waals surface area contributed by atoms with E-state index in [4.69, 9.17) is 23.2 Å².